The van der Waals surface area contributed by atoms with Gasteiger partial charge < -0.3 is 0 Å². The smallest absolute Gasteiger partial charge is 0.160 e. The van der Waals surface area contributed by atoms with E-state index in [0.29, 0.717) is 11.6 Å². The van der Waals surface area contributed by atoms with Gasteiger partial charge in [0.05, 0.1) is 22.8 Å². The van der Waals surface area contributed by atoms with Crippen LogP contribution in [0.4, 0.5) is 0 Å². The molecule has 10 rings (SSSR count). The minimum Gasteiger partial charge on any atom is -0.228 e. The first-order valence-corrected chi connectivity index (χ1v) is 19.5. The minimum absolute atomic E-state index is 0.712. The van der Waals surface area contributed by atoms with E-state index >= 15 is 0 Å². The van der Waals surface area contributed by atoms with Crippen molar-refractivity contribution >= 4 is 10.8 Å². The Hall–Kier alpha value is -7.82. The molecule has 0 fully saturated rings. The molecule has 0 radical (unpaired) electrons. The van der Waals surface area contributed by atoms with Gasteiger partial charge in [-0.25, -0.2) is 19.9 Å². The van der Waals surface area contributed by atoms with Crippen LogP contribution >= 0.6 is 0 Å². The van der Waals surface area contributed by atoms with Crippen molar-refractivity contribution < 1.29 is 0 Å². The van der Waals surface area contributed by atoms with Crippen molar-refractivity contribution in [1.82, 2.24) is 19.9 Å². The Morgan fingerprint density at radius 2 is 0.466 bits per heavy atom. The highest BCUT2D eigenvalue weighted by Crippen LogP contribution is 2.33. The largest absolute Gasteiger partial charge is 0.228 e. The summed E-state index contributed by atoms with van der Waals surface area (Å²) < 4.78 is 0. The minimum atomic E-state index is 0.712. The van der Waals surface area contributed by atoms with Crippen LogP contribution in [0.15, 0.2) is 218 Å². The van der Waals surface area contributed by atoms with E-state index in [4.69, 9.17) is 19.9 Å². The lowest BCUT2D eigenvalue weighted by Crippen LogP contribution is -1.95. The normalized spacial score (nSPS) is 11.1. The molecule has 0 aliphatic rings. The Kier molecular flexibility index (Phi) is 9.18. The summed E-state index contributed by atoms with van der Waals surface area (Å²) in [6, 6.07) is 75.8. The van der Waals surface area contributed by atoms with Crippen LogP contribution in [0.1, 0.15) is 0 Å². The van der Waals surface area contributed by atoms with Crippen LogP contribution in [0.25, 0.3) is 101 Å². The topological polar surface area (TPSA) is 51.6 Å². The molecule has 2 aromatic heterocycles. The van der Waals surface area contributed by atoms with Crippen molar-refractivity contribution in [3.8, 4) is 90.1 Å². The first-order valence-electron chi connectivity index (χ1n) is 19.5. The number of benzene rings is 8. The van der Waals surface area contributed by atoms with Crippen LogP contribution in [0.3, 0.4) is 0 Å². The van der Waals surface area contributed by atoms with Crippen LogP contribution in [-0.2, 0) is 0 Å². The molecule has 0 aliphatic heterocycles. The number of fused-ring (bicyclic) bond motifs is 1. The van der Waals surface area contributed by atoms with Crippen LogP contribution in [0.2, 0.25) is 0 Å². The Morgan fingerprint density at radius 1 is 0.190 bits per heavy atom. The van der Waals surface area contributed by atoms with Crippen molar-refractivity contribution in [1.29, 1.82) is 0 Å². The monoisotopic (exact) mass is 740 g/mol. The summed E-state index contributed by atoms with van der Waals surface area (Å²) in [5.74, 6) is 1.42. The average molecular weight is 741 g/mol. The van der Waals surface area contributed by atoms with Crippen molar-refractivity contribution in [2.24, 2.45) is 0 Å². The van der Waals surface area contributed by atoms with Gasteiger partial charge in [0.15, 0.2) is 11.6 Å². The van der Waals surface area contributed by atoms with Crippen LogP contribution < -0.4 is 0 Å². The predicted octanol–water partition coefficient (Wildman–Crippen LogP) is 13.8. The zero-order valence-corrected chi connectivity index (χ0v) is 31.6. The Bertz CT molecular complexity index is 2680. The van der Waals surface area contributed by atoms with Crippen molar-refractivity contribution in [3.63, 3.8) is 0 Å². The molecule has 0 amide bonds. The molecule has 0 saturated heterocycles. The van der Waals surface area contributed by atoms with Gasteiger partial charge in [0.25, 0.3) is 0 Å². The molecule has 0 unspecified atom stereocenters. The second kappa shape index (κ2) is 15.4. The molecule has 10 aromatic rings. The molecular formula is C54H36N4. The van der Waals surface area contributed by atoms with Crippen LogP contribution in [-0.4, -0.2) is 19.9 Å². The predicted molar refractivity (Wildman–Crippen MR) is 239 cm³/mol. The molecule has 0 N–H and O–H groups in total. The number of nitrogens with zero attached hydrogens (tertiary/aromatic N) is 4. The maximum absolute atomic E-state index is 5.02. The van der Waals surface area contributed by atoms with Crippen molar-refractivity contribution in [3.05, 3.63) is 218 Å². The fourth-order valence-corrected chi connectivity index (χ4v) is 7.41. The summed E-state index contributed by atoms with van der Waals surface area (Å²) in [6.45, 7) is 0. The van der Waals surface area contributed by atoms with Gasteiger partial charge in [0, 0.05) is 33.4 Å². The summed E-state index contributed by atoms with van der Waals surface area (Å²) in [6.07, 6.45) is 0. The molecule has 4 nitrogen and oxygen atoms in total. The maximum Gasteiger partial charge on any atom is 0.160 e. The van der Waals surface area contributed by atoms with Gasteiger partial charge in [0.1, 0.15) is 0 Å². The lowest BCUT2D eigenvalue weighted by Gasteiger charge is -2.11. The SMILES string of the molecule is c1ccc(-c2cc(-c3ccc(-c4ccc5ccc(-c6ccc(-c7cc(-c8ccccc8)nc(-c8ccccc8)n7)cc6)cc5c4)cc3)nc(-c3ccccc3)n2)cc1. The molecule has 8 aromatic carbocycles. The van der Waals surface area contributed by atoms with Gasteiger partial charge in [-0.15, -0.1) is 0 Å². The third kappa shape index (κ3) is 7.18. The molecular weight excluding hydrogens is 705 g/mol. The molecule has 272 valence electrons. The van der Waals surface area contributed by atoms with Gasteiger partial charge in [-0.2, -0.15) is 0 Å². The molecule has 0 spiro atoms. The van der Waals surface area contributed by atoms with E-state index in [-0.39, 0.29) is 0 Å². The number of hydrogen-bond acceptors (Lipinski definition) is 4. The van der Waals surface area contributed by atoms with Crippen molar-refractivity contribution in [2.45, 2.75) is 0 Å². The van der Waals surface area contributed by atoms with Gasteiger partial charge in [-0.05, 0) is 57.3 Å². The summed E-state index contributed by atoms with van der Waals surface area (Å²) >= 11 is 0. The quantitative estimate of drug-likeness (QED) is 0.156. The van der Waals surface area contributed by atoms with E-state index in [1.807, 2.05) is 72.8 Å². The molecule has 0 saturated carbocycles. The highest BCUT2D eigenvalue weighted by molar-refractivity contribution is 5.91. The third-order valence-electron chi connectivity index (χ3n) is 10.5. The van der Waals surface area contributed by atoms with E-state index in [1.54, 1.807) is 0 Å². The first-order chi connectivity index (χ1) is 28.7. The molecule has 2 heterocycles. The van der Waals surface area contributed by atoms with E-state index in [0.717, 1.165) is 78.4 Å². The highest BCUT2D eigenvalue weighted by atomic mass is 14.9. The number of aromatic nitrogens is 4. The van der Waals surface area contributed by atoms with E-state index in [1.165, 1.54) is 10.8 Å². The molecule has 0 bridgehead atoms. The second-order valence-electron chi connectivity index (χ2n) is 14.3. The number of hydrogen-bond donors (Lipinski definition) is 0. The molecule has 0 aliphatic carbocycles. The van der Waals surface area contributed by atoms with Crippen LogP contribution in [0.5, 0.6) is 0 Å². The standard InChI is InChI=1S/C54H36N4/c1-5-13-40(14-6-1)49-35-51(57-53(55-49)44-17-9-3-10-18-44)42-27-21-37(22-28-42)46-31-25-39-26-32-47(34-48(39)33-46)38-23-29-43(30-24-38)52-36-50(41-15-7-2-8-16-41)56-54(58-52)45-19-11-4-12-20-45/h1-36H. The molecule has 58 heavy (non-hydrogen) atoms. The Morgan fingerprint density at radius 3 is 0.810 bits per heavy atom. The van der Waals surface area contributed by atoms with E-state index < -0.39 is 0 Å². The van der Waals surface area contributed by atoms with Gasteiger partial charge >= 0.3 is 0 Å². The van der Waals surface area contributed by atoms with Gasteiger partial charge in [0.2, 0.25) is 0 Å². The lowest BCUT2D eigenvalue weighted by atomic mass is 9.96. The van der Waals surface area contributed by atoms with Gasteiger partial charge in [-0.3, -0.25) is 0 Å². The third-order valence-corrected chi connectivity index (χ3v) is 10.5. The Balaban J connectivity index is 0.941. The summed E-state index contributed by atoms with van der Waals surface area (Å²) in [4.78, 5) is 19.9. The first kappa shape index (κ1) is 34.7. The van der Waals surface area contributed by atoms with E-state index in [9.17, 15) is 0 Å². The summed E-state index contributed by atoms with van der Waals surface area (Å²) in [5, 5.41) is 2.39. The molecule has 4 heteroatoms. The fourth-order valence-electron chi connectivity index (χ4n) is 7.41. The lowest BCUT2D eigenvalue weighted by molar-refractivity contribution is 1.18. The fraction of sp³-hybridized carbons (Fsp3) is 0. The highest BCUT2D eigenvalue weighted by Gasteiger charge is 2.13. The van der Waals surface area contributed by atoms with Crippen molar-refractivity contribution in [2.75, 3.05) is 0 Å². The van der Waals surface area contributed by atoms with Gasteiger partial charge in [-0.1, -0.05) is 194 Å². The van der Waals surface area contributed by atoms with Crippen LogP contribution in [0, 0.1) is 0 Å². The summed E-state index contributed by atoms with van der Waals surface area (Å²) in [7, 11) is 0. The average Bonchev–Trinajstić information content (AvgIpc) is 3.32. The second-order valence-corrected chi connectivity index (χ2v) is 14.3. The molecule has 0 atom stereocenters. The maximum atomic E-state index is 5.02. The van der Waals surface area contributed by atoms with E-state index in [2.05, 4.69) is 146 Å². The zero-order valence-electron chi connectivity index (χ0n) is 31.6. The Labute approximate surface area is 337 Å². The number of rotatable bonds is 8. The zero-order chi connectivity index (χ0) is 38.7. The summed E-state index contributed by atoms with van der Waals surface area (Å²) in [5.41, 5.74) is 14.4.